The van der Waals surface area contributed by atoms with Crippen molar-refractivity contribution in [2.75, 3.05) is 31.6 Å². The molecule has 10 heteroatoms. The lowest BCUT2D eigenvalue weighted by Crippen LogP contribution is -2.41. The van der Waals surface area contributed by atoms with E-state index in [1.807, 2.05) is 17.7 Å². The third-order valence-electron chi connectivity index (χ3n) is 5.03. The topological polar surface area (TPSA) is 103 Å². The largest absolute Gasteiger partial charge is 0.493 e. The zero-order valence-electron chi connectivity index (χ0n) is 18.9. The first-order valence-electron chi connectivity index (χ1n) is 10.4. The number of anilines is 1. The van der Waals surface area contributed by atoms with Crippen LogP contribution < -0.4 is 19.1 Å². The van der Waals surface area contributed by atoms with Gasteiger partial charge in [0.1, 0.15) is 6.54 Å². The number of nitrogens with zero attached hydrogens (tertiary/aromatic N) is 3. The summed E-state index contributed by atoms with van der Waals surface area (Å²) < 4.78 is 40.6. The summed E-state index contributed by atoms with van der Waals surface area (Å²) in [4.78, 5) is 16.6. The highest BCUT2D eigenvalue weighted by Gasteiger charge is 2.28. The van der Waals surface area contributed by atoms with Crippen molar-refractivity contribution in [2.24, 2.45) is 0 Å². The van der Waals surface area contributed by atoms with Crippen LogP contribution in [0.4, 0.5) is 5.69 Å². The second kappa shape index (κ2) is 10.9. The Hall–Kier alpha value is -3.53. The van der Waals surface area contributed by atoms with Crippen molar-refractivity contribution >= 4 is 21.6 Å². The van der Waals surface area contributed by atoms with Crippen LogP contribution in [0.25, 0.3) is 0 Å². The summed E-state index contributed by atoms with van der Waals surface area (Å²) in [5.74, 6) is 0.297. The normalized spacial score (nSPS) is 11.1. The van der Waals surface area contributed by atoms with Gasteiger partial charge in [-0.25, -0.2) is 13.4 Å². The molecule has 176 valence electrons. The van der Waals surface area contributed by atoms with Crippen molar-refractivity contribution < 1.29 is 22.7 Å². The number of benzene rings is 2. The quantitative estimate of drug-likeness (QED) is 0.431. The Morgan fingerprint density at radius 3 is 2.45 bits per heavy atom. The van der Waals surface area contributed by atoms with Crippen LogP contribution in [0.1, 0.15) is 12.0 Å². The lowest BCUT2D eigenvalue weighted by molar-refractivity contribution is -0.119. The third-order valence-corrected chi connectivity index (χ3v) is 6.80. The first kappa shape index (κ1) is 24.1. The van der Waals surface area contributed by atoms with Crippen LogP contribution in [0, 0.1) is 6.92 Å². The molecular weight excluding hydrogens is 444 g/mol. The number of nitrogens with one attached hydrogen (secondary N) is 1. The maximum absolute atomic E-state index is 13.5. The maximum Gasteiger partial charge on any atom is 0.264 e. The molecule has 1 amide bonds. The number of ether oxygens (including phenoxy) is 2. The Morgan fingerprint density at radius 2 is 1.82 bits per heavy atom. The van der Waals surface area contributed by atoms with Crippen LogP contribution in [-0.2, 0) is 21.4 Å². The molecule has 0 unspecified atom stereocenters. The van der Waals surface area contributed by atoms with Gasteiger partial charge < -0.3 is 19.4 Å². The van der Waals surface area contributed by atoms with Gasteiger partial charge in [-0.1, -0.05) is 17.7 Å². The summed E-state index contributed by atoms with van der Waals surface area (Å²) in [6, 6.07) is 11.3. The predicted molar refractivity (Wildman–Crippen MR) is 125 cm³/mol. The standard InChI is InChI=1S/C23H28N4O5S/c1-18-5-7-19(8-6-18)27(16-23(28)25-11-4-13-26-14-12-24-17-26)33(29,30)20-9-10-21(31-2)22(15-20)32-3/h5-10,12,14-15,17H,4,11,13,16H2,1-3H3,(H,25,28). The molecule has 0 spiro atoms. The molecule has 0 bridgehead atoms. The summed E-state index contributed by atoms with van der Waals surface area (Å²) in [7, 11) is -1.15. The van der Waals surface area contributed by atoms with E-state index < -0.39 is 15.9 Å². The molecule has 0 aliphatic heterocycles. The van der Waals surface area contributed by atoms with Gasteiger partial charge >= 0.3 is 0 Å². The van der Waals surface area contributed by atoms with Gasteiger partial charge in [0, 0.05) is 31.5 Å². The first-order valence-corrected chi connectivity index (χ1v) is 11.8. The molecule has 1 heterocycles. The van der Waals surface area contributed by atoms with E-state index in [9.17, 15) is 13.2 Å². The van der Waals surface area contributed by atoms with Crippen molar-refractivity contribution in [3.8, 4) is 11.5 Å². The van der Waals surface area contributed by atoms with Gasteiger partial charge in [0.2, 0.25) is 5.91 Å². The van der Waals surface area contributed by atoms with Gasteiger partial charge in [-0.05, 0) is 37.6 Å². The molecule has 0 aliphatic carbocycles. The van der Waals surface area contributed by atoms with Crippen LogP contribution in [-0.4, -0.2) is 51.2 Å². The molecule has 3 rings (SSSR count). The van der Waals surface area contributed by atoms with Crippen molar-refractivity contribution in [1.29, 1.82) is 0 Å². The van der Waals surface area contributed by atoms with Crippen LogP contribution in [0.2, 0.25) is 0 Å². The Balaban J connectivity index is 1.80. The molecule has 0 atom stereocenters. The smallest absolute Gasteiger partial charge is 0.264 e. The molecule has 0 saturated heterocycles. The number of aryl methyl sites for hydroxylation is 2. The number of rotatable bonds is 11. The minimum atomic E-state index is -4.06. The molecule has 1 aromatic heterocycles. The number of methoxy groups -OCH3 is 2. The van der Waals surface area contributed by atoms with E-state index >= 15 is 0 Å². The number of hydrogen-bond acceptors (Lipinski definition) is 6. The molecule has 0 saturated carbocycles. The Kier molecular flexibility index (Phi) is 7.94. The van der Waals surface area contributed by atoms with Crippen molar-refractivity contribution in [2.45, 2.75) is 24.8 Å². The van der Waals surface area contributed by atoms with Gasteiger partial charge in [0.25, 0.3) is 10.0 Å². The summed E-state index contributed by atoms with van der Waals surface area (Å²) >= 11 is 0. The summed E-state index contributed by atoms with van der Waals surface area (Å²) in [5, 5.41) is 2.80. The van der Waals surface area contributed by atoms with Crippen LogP contribution in [0.3, 0.4) is 0 Å². The van der Waals surface area contributed by atoms with Gasteiger partial charge in [-0.15, -0.1) is 0 Å². The van der Waals surface area contributed by atoms with Gasteiger partial charge in [0.05, 0.1) is 31.1 Å². The van der Waals surface area contributed by atoms with Crippen molar-refractivity contribution in [1.82, 2.24) is 14.9 Å². The molecule has 0 fully saturated rings. The number of amides is 1. The average molecular weight is 473 g/mol. The van der Waals surface area contributed by atoms with Gasteiger partial charge in [-0.2, -0.15) is 0 Å². The van der Waals surface area contributed by atoms with E-state index in [4.69, 9.17) is 9.47 Å². The minimum absolute atomic E-state index is 0.00590. The Morgan fingerprint density at radius 1 is 1.09 bits per heavy atom. The lowest BCUT2D eigenvalue weighted by atomic mass is 10.2. The maximum atomic E-state index is 13.5. The van der Waals surface area contributed by atoms with E-state index in [1.165, 1.54) is 32.4 Å². The fourth-order valence-electron chi connectivity index (χ4n) is 3.23. The zero-order valence-corrected chi connectivity index (χ0v) is 19.7. The van der Waals surface area contributed by atoms with E-state index in [2.05, 4.69) is 10.3 Å². The number of carbonyl (C=O) groups is 1. The lowest BCUT2D eigenvalue weighted by Gasteiger charge is -2.24. The highest BCUT2D eigenvalue weighted by molar-refractivity contribution is 7.92. The molecule has 9 nitrogen and oxygen atoms in total. The number of imidazole rings is 1. The predicted octanol–water partition coefficient (Wildman–Crippen LogP) is 2.61. The van der Waals surface area contributed by atoms with Gasteiger partial charge in [0.15, 0.2) is 11.5 Å². The second-order valence-corrected chi connectivity index (χ2v) is 9.23. The molecule has 0 radical (unpaired) electrons. The van der Waals surface area contributed by atoms with Crippen LogP contribution >= 0.6 is 0 Å². The zero-order chi connectivity index (χ0) is 23.8. The average Bonchev–Trinajstić information content (AvgIpc) is 3.34. The first-order chi connectivity index (χ1) is 15.8. The minimum Gasteiger partial charge on any atom is -0.493 e. The SMILES string of the molecule is COc1ccc(S(=O)(=O)N(CC(=O)NCCCn2ccnc2)c2ccc(C)cc2)cc1OC. The highest BCUT2D eigenvalue weighted by Crippen LogP contribution is 2.32. The molecule has 0 aliphatic rings. The summed E-state index contributed by atoms with van der Waals surface area (Å²) in [6.45, 7) is 2.66. The summed E-state index contributed by atoms with van der Waals surface area (Å²) in [5.41, 5.74) is 1.37. The van der Waals surface area contributed by atoms with E-state index in [0.29, 0.717) is 30.9 Å². The van der Waals surface area contributed by atoms with Crippen molar-refractivity contribution in [3.05, 3.63) is 66.7 Å². The molecule has 2 aromatic carbocycles. The molecule has 3 aromatic rings. The second-order valence-electron chi connectivity index (χ2n) is 7.37. The van der Waals surface area contributed by atoms with E-state index in [1.54, 1.807) is 36.8 Å². The van der Waals surface area contributed by atoms with Crippen molar-refractivity contribution in [3.63, 3.8) is 0 Å². The molecule has 1 N–H and O–H groups in total. The highest BCUT2D eigenvalue weighted by atomic mass is 32.2. The Labute approximate surface area is 194 Å². The van der Waals surface area contributed by atoms with E-state index in [0.717, 1.165) is 9.87 Å². The van der Waals surface area contributed by atoms with Crippen LogP contribution in [0.15, 0.2) is 66.1 Å². The number of carbonyl (C=O) groups excluding carboxylic acids is 1. The number of sulfonamides is 1. The summed E-state index contributed by atoms with van der Waals surface area (Å²) in [6.07, 6.45) is 5.93. The third kappa shape index (κ3) is 6.04. The fourth-order valence-corrected chi connectivity index (χ4v) is 4.66. The van der Waals surface area contributed by atoms with Crippen LogP contribution in [0.5, 0.6) is 11.5 Å². The number of hydrogen-bond donors (Lipinski definition) is 1. The molecule has 33 heavy (non-hydrogen) atoms. The molecular formula is C23H28N4O5S. The Bertz CT molecular complexity index is 1160. The van der Waals surface area contributed by atoms with E-state index in [-0.39, 0.29) is 17.2 Å². The number of aromatic nitrogens is 2. The van der Waals surface area contributed by atoms with Gasteiger partial charge in [-0.3, -0.25) is 9.10 Å². The monoisotopic (exact) mass is 472 g/mol. The fraction of sp³-hybridized carbons (Fsp3) is 0.304.